The molecule has 0 radical (unpaired) electrons. The van der Waals surface area contributed by atoms with E-state index in [0.717, 1.165) is 12.8 Å². The van der Waals surface area contributed by atoms with Gasteiger partial charge in [0, 0.05) is 25.3 Å². The second kappa shape index (κ2) is 8.78. The quantitative estimate of drug-likeness (QED) is 0.723. The molecule has 1 aromatic rings. The Bertz CT molecular complexity index is 673. The summed E-state index contributed by atoms with van der Waals surface area (Å²) in [5.41, 5.74) is 0.473. The van der Waals surface area contributed by atoms with Crippen LogP contribution in [0, 0.1) is 11.8 Å². The molecule has 2 rings (SSSR count). The smallest absolute Gasteiger partial charge is 0.251 e. The third kappa shape index (κ3) is 5.26. The molecule has 0 heterocycles. The van der Waals surface area contributed by atoms with E-state index in [2.05, 4.69) is 23.9 Å². The van der Waals surface area contributed by atoms with Crippen LogP contribution in [0.15, 0.2) is 29.2 Å². The molecule has 1 aliphatic rings. The first-order valence-electron chi connectivity index (χ1n) is 8.74. The number of sulfonamides is 1. The first-order chi connectivity index (χ1) is 11.8. The monoisotopic (exact) mass is 368 g/mol. The van der Waals surface area contributed by atoms with Gasteiger partial charge in [-0.3, -0.25) is 4.79 Å². The van der Waals surface area contributed by atoms with Gasteiger partial charge in [-0.15, -0.1) is 0 Å². The molecule has 3 unspecified atom stereocenters. The van der Waals surface area contributed by atoms with Crippen molar-refractivity contribution in [2.45, 2.75) is 44.0 Å². The predicted octanol–water partition coefficient (Wildman–Crippen LogP) is 2.17. The van der Waals surface area contributed by atoms with Crippen molar-refractivity contribution in [3.63, 3.8) is 0 Å². The van der Waals surface area contributed by atoms with E-state index in [4.69, 9.17) is 4.74 Å². The van der Waals surface area contributed by atoms with Crippen molar-refractivity contribution in [2.75, 3.05) is 20.3 Å². The van der Waals surface area contributed by atoms with Crippen LogP contribution in [0.4, 0.5) is 0 Å². The number of rotatable bonds is 7. The highest BCUT2D eigenvalue weighted by Crippen LogP contribution is 2.29. The molecule has 6 nitrogen and oxygen atoms in total. The molecular formula is C18H28N2O4S. The van der Waals surface area contributed by atoms with E-state index in [-0.39, 0.29) is 23.4 Å². The molecule has 1 saturated carbocycles. The van der Waals surface area contributed by atoms with Crippen molar-refractivity contribution in [3.05, 3.63) is 29.8 Å². The zero-order valence-corrected chi connectivity index (χ0v) is 15.9. The Kier molecular flexibility index (Phi) is 6.98. The Morgan fingerprint density at radius 2 is 1.88 bits per heavy atom. The molecular weight excluding hydrogens is 340 g/mol. The summed E-state index contributed by atoms with van der Waals surface area (Å²) >= 11 is 0. The Hall–Kier alpha value is -1.44. The van der Waals surface area contributed by atoms with E-state index in [1.54, 1.807) is 12.1 Å². The van der Waals surface area contributed by atoms with Gasteiger partial charge in [0.25, 0.3) is 5.91 Å². The van der Waals surface area contributed by atoms with Crippen LogP contribution in [0.5, 0.6) is 0 Å². The predicted molar refractivity (Wildman–Crippen MR) is 96.9 cm³/mol. The largest absolute Gasteiger partial charge is 0.383 e. The minimum atomic E-state index is -3.58. The van der Waals surface area contributed by atoms with E-state index in [0.29, 0.717) is 24.0 Å². The number of benzene rings is 1. The average Bonchev–Trinajstić information content (AvgIpc) is 2.59. The van der Waals surface area contributed by atoms with Crippen LogP contribution < -0.4 is 10.0 Å². The van der Waals surface area contributed by atoms with Crippen LogP contribution >= 0.6 is 0 Å². The highest BCUT2D eigenvalue weighted by atomic mass is 32.2. The molecule has 2 N–H and O–H groups in total. The van der Waals surface area contributed by atoms with Crippen LogP contribution in [0.1, 0.15) is 43.5 Å². The van der Waals surface area contributed by atoms with Crippen molar-refractivity contribution in [2.24, 2.45) is 11.8 Å². The van der Waals surface area contributed by atoms with Crippen LogP contribution in [-0.2, 0) is 14.8 Å². The van der Waals surface area contributed by atoms with Gasteiger partial charge >= 0.3 is 0 Å². The van der Waals surface area contributed by atoms with Crippen LogP contribution in [-0.4, -0.2) is 40.6 Å². The third-order valence-corrected chi connectivity index (χ3v) is 6.53. The molecule has 7 heteroatoms. The summed E-state index contributed by atoms with van der Waals surface area (Å²) in [5.74, 6) is 0.898. The third-order valence-electron chi connectivity index (χ3n) is 5.05. The molecule has 1 aromatic carbocycles. The van der Waals surface area contributed by atoms with Crippen molar-refractivity contribution in [3.8, 4) is 0 Å². The fourth-order valence-electron chi connectivity index (χ4n) is 3.18. The van der Waals surface area contributed by atoms with E-state index in [1.807, 2.05) is 0 Å². The lowest BCUT2D eigenvalue weighted by molar-refractivity contribution is 0.0891. The average molecular weight is 368 g/mol. The van der Waals surface area contributed by atoms with Crippen molar-refractivity contribution < 1.29 is 17.9 Å². The number of methoxy groups -OCH3 is 1. The fourth-order valence-corrected chi connectivity index (χ4v) is 4.20. The second-order valence-corrected chi connectivity index (χ2v) is 8.53. The van der Waals surface area contributed by atoms with E-state index >= 15 is 0 Å². The van der Waals surface area contributed by atoms with E-state index in [1.165, 1.54) is 25.7 Å². The molecule has 0 aliphatic heterocycles. The summed E-state index contributed by atoms with van der Waals surface area (Å²) in [6, 6.07) is 6.19. The maximum atomic E-state index is 12.4. The van der Waals surface area contributed by atoms with Crippen LogP contribution in [0.3, 0.4) is 0 Å². The van der Waals surface area contributed by atoms with Crippen LogP contribution in [0.25, 0.3) is 0 Å². The van der Waals surface area contributed by atoms with Gasteiger partial charge < -0.3 is 10.1 Å². The number of hydrogen-bond acceptors (Lipinski definition) is 4. The van der Waals surface area contributed by atoms with Gasteiger partial charge in [0.05, 0.1) is 11.5 Å². The molecule has 0 aromatic heterocycles. The topological polar surface area (TPSA) is 84.5 Å². The Labute approximate surface area is 150 Å². The Morgan fingerprint density at radius 3 is 2.52 bits per heavy atom. The fraction of sp³-hybridized carbons (Fsp3) is 0.611. The summed E-state index contributed by atoms with van der Waals surface area (Å²) < 4.78 is 31.5. The first kappa shape index (κ1) is 19.9. The molecule has 1 amide bonds. The lowest BCUT2D eigenvalue weighted by Crippen LogP contribution is -2.43. The van der Waals surface area contributed by atoms with Gasteiger partial charge in [0.1, 0.15) is 0 Å². The molecule has 3 atom stereocenters. The standard InChI is InChI=1S/C18H28N2O4S/c1-13-5-4-6-17(14(13)2)20-18(21)15-7-9-16(10-8-15)25(22,23)19-11-12-24-3/h7-10,13-14,17,19H,4-6,11-12H2,1-3H3,(H,20,21). The van der Waals surface area contributed by atoms with E-state index < -0.39 is 10.0 Å². The van der Waals surface area contributed by atoms with Gasteiger partial charge in [-0.25, -0.2) is 13.1 Å². The van der Waals surface area contributed by atoms with Gasteiger partial charge in [-0.1, -0.05) is 26.7 Å². The summed E-state index contributed by atoms with van der Waals surface area (Å²) in [4.78, 5) is 12.6. The minimum absolute atomic E-state index is 0.139. The zero-order chi connectivity index (χ0) is 18.4. The van der Waals surface area contributed by atoms with Crippen molar-refractivity contribution in [1.29, 1.82) is 0 Å². The molecule has 25 heavy (non-hydrogen) atoms. The second-order valence-electron chi connectivity index (χ2n) is 6.76. The molecule has 0 saturated heterocycles. The number of ether oxygens (including phenoxy) is 1. The number of carbonyl (C=O) groups excluding carboxylic acids is 1. The highest BCUT2D eigenvalue weighted by molar-refractivity contribution is 7.89. The SMILES string of the molecule is COCCNS(=O)(=O)c1ccc(C(=O)NC2CCCC(C)C2C)cc1. The van der Waals surface area contributed by atoms with E-state index in [9.17, 15) is 13.2 Å². The van der Waals surface area contributed by atoms with Crippen LogP contribution in [0.2, 0.25) is 0 Å². The number of hydrogen-bond donors (Lipinski definition) is 2. The number of carbonyl (C=O) groups is 1. The first-order valence-corrected chi connectivity index (χ1v) is 10.2. The lowest BCUT2D eigenvalue weighted by Gasteiger charge is -2.34. The Morgan fingerprint density at radius 1 is 1.20 bits per heavy atom. The molecule has 140 valence electrons. The van der Waals surface area contributed by atoms with Gasteiger partial charge in [0.2, 0.25) is 10.0 Å². The summed E-state index contributed by atoms with van der Waals surface area (Å²) in [6.07, 6.45) is 3.32. The maximum absolute atomic E-state index is 12.4. The molecule has 0 bridgehead atoms. The summed E-state index contributed by atoms with van der Waals surface area (Å²) in [7, 11) is -2.07. The number of amides is 1. The van der Waals surface area contributed by atoms with Crippen molar-refractivity contribution >= 4 is 15.9 Å². The van der Waals surface area contributed by atoms with Crippen molar-refractivity contribution in [1.82, 2.24) is 10.0 Å². The highest BCUT2D eigenvalue weighted by Gasteiger charge is 2.28. The molecule has 1 aliphatic carbocycles. The molecule has 1 fully saturated rings. The maximum Gasteiger partial charge on any atom is 0.251 e. The number of nitrogens with one attached hydrogen (secondary N) is 2. The van der Waals surface area contributed by atoms with Gasteiger partial charge in [-0.05, 0) is 42.5 Å². The molecule has 0 spiro atoms. The summed E-state index contributed by atoms with van der Waals surface area (Å²) in [5, 5.41) is 3.09. The lowest BCUT2D eigenvalue weighted by atomic mass is 9.78. The minimum Gasteiger partial charge on any atom is -0.383 e. The summed E-state index contributed by atoms with van der Waals surface area (Å²) in [6.45, 7) is 4.91. The van der Waals surface area contributed by atoms with Gasteiger partial charge in [-0.2, -0.15) is 0 Å². The van der Waals surface area contributed by atoms with Gasteiger partial charge in [0.15, 0.2) is 0 Å². The zero-order valence-electron chi connectivity index (χ0n) is 15.1. The Balaban J connectivity index is 2.00. The normalized spacial score (nSPS) is 24.0.